The van der Waals surface area contributed by atoms with Gasteiger partial charge in [-0.15, -0.1) is 24.0 Å². The summed E-state index contributed by atoms with van der Waals surface area (Å²) in [6.07, 6.45) is 4.66. The van der Waals surface area contributed by atoms with Crippen LogP contribution in [0.3, 0.4) is 0 Å². The summed E-state index contributed by atoms with van der Waals surface area (Å²) in [5.74, 6) is 2.14. The molecule has 2 heterocycles. The minimum absolute atomic E-state index is 0. The van der Waals surface area contributed by atoms with Gasteiger partial charge in [-0.3, -0.25) is 9.89 Å². The van der Waals surface area contributed by atoms with E-state index in [1.807, 2.05) is 6.92 Å². The van der Waals surface area contributed by atoms with E-state index in [-0.39, 0.29) is 29.5 Å². The summed E-state index contributed by atoms with van der Waals surface area (Å²) >= 11 is 0. The predicted molar refractivity (Wildman–Crippen MR) is 107 cm³/mol. The van der Waals surface area contributed by atoms with Gasteiger partial charge in [0.15, 0.2) is 11.8 Å². The van der Waals surface area contributed by atoms with Gasteiger partial charge in [-0.25, -0.2) is 0 Å². The SMILES string of the molecule is CN=C(NCCc1nc(C)no1)NCC(C)(C)N1CCCCC1.I. The van der Waals surface area contributed by atoms with E-state index < -0.39 is 0 Å². The summed E-state index contributed by atoms with van der Waals surface area (Å²) in [6, 6.07) is 0. The molecular formula is C16H31IN6O. The highest BCUT2D eigenvalue weighted by Crippen LogP contribution is 2.19. The van der Waals surface area contributed by atoms with Gasteiger partial charge in [-0.05, 0) is 46.7 Å². The maximum atomic E-state index is 5.11. The number of aliphatic imine (C=N–C) groups is 1. The predicted octanol–water partition coefficient (Wildman–Crippen LogP) is 1.97. The van der Waals surface area contributed by atoms with E-state index in [1.54, 1.807) is 7.05 Å². The molecule has 2 rings (SSSR count). The Hall–Kier alpha value is -0.900. The quantitative estimate of drug-likeness (QED) is 0.392. The number of rotatable bonds is 6. The molecular weight excluding hydrogens is 419 g/mol. The third-order valence-electron chi connectivity index (χ3n) is 4.33. The van der Waals surface area contributed by atoms with Gasteiger partial charge in [0.05, 0.1) is 0 Å². The van der Waals surface area contributed by atoms with E-state index in [0.717, 1.165) is 12.5 Å². The lowest BCUT2D eigenvalue weighted by Crippen LogP contribution is -2.55. The van der Waals surface area contributed by atoms with Crippen molar-refractivity contribution in [2.75, 3.05) is 33.2 Å². The molecule has 0 radical (unpaired) electrons. The van der Waals surface area contributed by atoms with E-state index in [9.17, 15) is 0 Å². The fraction of sp³-hybridized carbons (Fsp3) is 0.812. The first-order valence-corrected chi connectivity index (χ1v) is 8.50. The monoisotopic (exact) mass is 450 g/mol. The van der Waals surface area contributed by atoms with Crippen LogP contribution >= 0.6 is 24.0 Å². The Morgan fingerprint density at radius 3 is 2.54 bits per heavy atom. The van der Waals surface area contributed by atoms with Crippen LogP contribution in [0.4, 0.5) is 0 Å². The molecule has 138 valence electrons. The van der Waals surface area contributed by atoms with Gasteiger partial charge >= 0.3 is 0 Å². The molecule has 1 aromatic heterocycles. The molecule has 0 spiro atoms. The lowest BCUT2D eigenvalue weighted by atomic mass is 9.98. The third-order valence-corrected chi connectivity index (χ3v) is 4.33. The number of nitrogens with zero attached hydrogens (tertiary/aromatic N) is 4. The molecule has 0 saturated carbocycles. The zero-order valence-electron chi connectivity index (χ0n) is 15.3. The second-order valence-corrected chi connectivity index (χ2v) is 6.70. The van der Waals surface area contributed by atoms with Crippen molar-refractivity contribution in [3.8, 4) is 0 Å². The highest BCUT2D eigenvalue weighted by atomic mass is 127. The van der Waals surface area contributed by atoms with Crippen LogP contribution in [0.5, 0.6) is 0 Å². The first-order valence-electron chi connectivity index (χ1n) is 8.50. The Balaban J connectivity index is 0.00000288. The molecule has 8 heteroatoms. The number of nitrogens with one attached hydrogen (secondary N) is 2. The van der Waals surface area contributed by atoms with Gasteiger partial charge in [0.1, 0.15) is 0 Å². The Morgan fingerprint density at radius 1 is 1.25 bits per heavy atom. The zero-order valence-corrected chi connectivity index (χ0v) is 17.6. The number of aromatic nitrogens is 2. The highest BCUT2D eigenvalue weighted by Gasteiger charge is 2.27. The summed E-state index contributed by atoms with van der Waals surface area (Å²) in [4.78, 5) is 11.0. The molecule has 1 fully saturated rings. The lowest BCUT2D eigenvalue weighted by molar-refractivity contribution is 0.0982. The highest BCUT2D eigenvalue weighted by molar-refractivity contribution is 14.0. The Kier molecular flexibility index (Phi) is 8.96. The fourth-order valence-corrected chi connectivity index (χ4v) is 2.86. The number of piperidine rings is 1. The smallest absolute Gasteiger partial charge is 0.228 e. The molecule has 1 saturated heterocycles. The van der Waals surface area contributed by atoms with E-state index in [0.29, 0.717) is 24.7 Å². The van der Waals surface area contributed by atoms with E-state index >= 15 is 0 Å². The third kappa shape index (κ3) is 6.54. The van der Waals surface area contributed by atoms with E-state index in [1.165, 1.54) is 32.4 Å². The summed E-state index contributed by atoms with van der Waals surface area (Å²) in [6.45, 7) is 10.4. The fourth-order valence-electron chi connectivity index (χ4n) is 2.86. The Bertz CT molecular complexity index is 510. The summed E-state index contributed by atoms with van der Waals surface area (Å²) in [5.41, 5.74) is 0.127. The summed E-state index contributed by atoms with van der Waals surface area (Å²) in [5, 5.41) is 10.5. The van der Waals surface area contributed by atoms with Gasteiger partial charge in [0.25, 0.3) is 0 Å². The molecule has 0 amide bonds. The normalized spacial score (nSPS) is 16.6. The number of likely N-dealkylation sites (tertiary alicyclic amines) is 1. The van der Waals surface area contributed by atoms with Gasteiger partial charge in [-0.1, -0.05) is 11.6 Å². The number of halogens is 1. The second kappa shape index (κ2) is 10.2. The standard InChI is InChI=1S/C16H30N6O.HI/c1-13-20-14(23-21-13)8-9-18-15(17-4)19-12-16(2,3)22-10-6-5-7-11-22;/h5-12H2,1-4H3,(H2,17,18,19);1H. The molecule has 2 N–H and O–H groups in total. The molecule has 0 unspecified atom stereocenters. The Labute approximate surface area is 162 Å². The average molecular weight is 450 g/mol. The van der Waals surface area contributed by atoms with Crippen molar-refractivity contribution in [1.82, 2.24) is 25.7 Å². The van der Waals surface area contributed by atoms with Crippen LogP contribution in [0.1, 0.15) is 44.8 Å². The van der Waals surface area contributed by atoms with Crippen molar-refractivity contribution in [1.29, 1.82) is 0 Å². The van der Waals surface area contributed by atoms with Crippen LogP contribution in [-0.4, -0.2) is 59.8 Å². The number of hydrogen-bond acceptors (Lipinski definition) is 5. The van der Waals surface area contributed by atoms with Crippen molar-refractivity contribution in [2.45, 2.75) is 52.0 Å². The summed E-state index contributed by atoms with van der Waals surface area (Å²) in [7, 11) is 1.79. The van der Waals surface area contributed by atoms with E-state index in [4.69, 9.17) is 4.52 Å². The molecule has 1 aliphatic rings. The summed E-state index contributed by atoms with van der Waals surface area (Å²) < 4.78 is 5.11. The van der Waals surface area contributed by atoms with Crippen molar-refractivity contribution in [3.63, 3.8) is 0 Å². The first kappa shape index (κ1) is 21.1. The van der Waals surface area contributed by atoms with Crippen LogP contribution in [0.2, 0.25) is 0 Å². The van der Waals surface area contributed by atoms with Crippen LogP contribution in [-0.2, 0) is 6.42 Å². The molecule has 24 heavy (non-hydrogen) atoms. The lowest BCUT2D eigenvalue weighted by Gasteiger charge is -2.41. The topological polar surface area (TPSA) is 78.6 Å². The molecule has 0 bridgehead atoms. The maximum absolute atomic E-state index is 5.11. The van der Waals surface area contributed by atoms with Crippen molar-refractivity contribution in [2.24, 2.45) is 4.99 Å². The maximum Gasteiger partial charge on any atom is 0.228 e. The van der Waals surface area contributed by atoms with Gasteiger partial charge in [-0.2, -0.15) is 4.98 Å². The largest absolute Gasteiger partial charge is 0.356 e. The number of guanidine groups is 1. The number of aryl methyl sites for hydroxylation is 1. The minimum atomic E-state index is 0. The second-order valence-electron chi connectivity index (χ2n) is 6.70. The molecule has 1 aromatic rings. The van der Waals surface area contributed by atoms with Crippen LogP contribution in [0.25, 0.3) is 0 Å². The van der Waals surface area contributed by atoms with Gasteiger partial charge in [0, 0.05) is 32.1 Å². The van der Waals surface area contributed by atoms with Crippen LogP contribution in [0.15, 0.2) is 9.52 Å². The minimum Gasteiger partial charge on any atom is -0.356 e. The van der Waals surface area contributed by atoms with Crippen molar-refractivity contribution >= 4 is 29.9 Å². The van der Waals surface area contributed by atoms with Crippen LogP contribution in [0, 0.1) is 6.92 Å². The van der Waals surface area contributed by atoms with Crippen molar-refractivity contribution < 1.29 is 4.52 Å². The zero-order chi connectivity index (χ0) is 16.7. The average Bonchev–Trinajstić information content (AvgIpc) is 2.97. The van der Waals surface area contributed by atoms with Gasteiger partial charge in [0.2, 0.25) is 5.89 Å². The number of hydrogen-bond donors (Lipinski definition) is 2. The Morgan fingerprint density at radius 2 is 1.96 bits per heavy atom. The van der Waals surface area contributed by atoms with Crippen molar-refractivity contribution in [3.05, 3.63) is 11.7 Å². The first-order chi connectivity index (χ1) is 11.0. The molecule has 0 atom stereocenters. The van der Waals surface area contributed by atoms with E-state index in [2.05, 4.69) is 44.5 Å². The van der Waals surface area contributed by atoms with Gasteiger partial charge < -0.3 is 15.2 Å². The molecule has 7 nitrogen and oxygen atoms in total. The molecule has 0 aromatic carbocycles. The molecule has 0 aliphatic carbocycles. The molecule has 1 aliphatic heterocycles. The van der Waals surface area contributed by atoms with Crippen LogP contribution < -0.4 is 10.6 Å².